The number of nitriles is 1. The molecule has 2 heterocycles. The summed E-state index contributed by atoms with van der Waals surface area (Å²) in [5.74, 6) is -0.249. The fourth-order valence-electron chi connectivity index (χ4n) is 4.98. The lowest BCUT2D eigenvalue weighted by atomic mass is 9.78. The summed E-state index contributed by atoms with van der Waals surface area (Å²) in [4.78, 5) is 4.72. The van der Waals surface area contributed by atoms with E-state index >= 15 is 0 Å². The van der Waals surface area contributed by atoms with E-state index in [1.807, 2.05) is 56.4 Å². The molecule has 7 heteroatoms. The number of pyridine rings is 1. The molecule has 0 fully saturated rings. The summed E-state index contributed by atoms with van der Waals surface area (Å²) in [5, 5.41) is 11.5. The Morgan fingerprint density at radius 2 is 1.38 bits per heavy atom. The van der Waals surface area contributed by atoms with Gasteiger partial charge in [0.05, 0.1) is 17.3 Å². The number of furan rings is 1. The molecule has 6 rings (SSSR count). The largest absolute Gasteiger partial charge is 0.455 e. The molecule has 6 aromatic rings. The number of nitrogens with zero attached hydrogens (tertiary/aromatic N) is 2. The zero-order valence-corrected chi connectivity index (χ0v) is 20.8. The third kappa shape index (κ3) is 3.73. The third-order valence-corrected chi connectivity index (χ3v) is 7.12. The molecular weight excluding hydrogens is 456 g/mol. The number of para-hydroxylation sites is 1. The molecule has 0 radical (unpaired) electrons. The number of halogens is 1. The van der Waals surface area contributed by atoms with Gasteiger partial charge in [-0.3, -0.25) is 4.98 Å². The Kier molecular flexibility index (Phi) is 5.46. The van der Waals surface area contributed by atoms with Crippen molar-refractivity contribution in [3.8, 4) is 39.6 Å². The topological polar surface area (TPSA) is 49.8 Å². The quantitative estimate of drug-likeness (QED) is 0.370. The van der Waals surface area contributed by atoms with Gasteiger partial charge in [-0.05, 0) is 51.4 Å². The summed E-state index contributed by atoms with van der Waals surface area (Å²) in [6.45, 7) is 0. The molecule has 2 aromatic heterocycles. The fourth-order valence-corrected chi connectivity index (χ4v) is 4.98. The van der Waals surface area contributed by atoms with Gasteiger partial charge in [0, 0.05) is 21.9 Å². The lowest BCUT2D eigenvalue weighted by Crippen LogP contribution is -2.38. The first kappa shape index (κ1) is 22.9. The van der Waals surface area contributed by atoms with Crippen molar-refractivity contribution in [3.05, 3.63) is 96.3 Å². The molecule has 0 atom stereocenters. The van der Waals surface area contributed by atoms with E-state index in [1.165, 1.54) is 0 Å². The van der Waals surface area contributed by atoms with Crippen LogP contribution in [0.15, 0.2) is 89.3 Å². The molecule has 0 saturated carbocycles. The van der Waals surface area contributed by atoms with Crippen LogP contribution < -0.4 is 16.5 Å². The van der Waals surface area contributed by atoms with Crippen molar-refractivity contribution in [2.45, 2.75) is 0 Å². The molecule has 0 aliphatic rings. The average Bonchev–Trinajstić information content (AvgIpc) is 3.33. The van der Waals surface area contributed by atoms with Gasteiger partial charge in [-0.1, -0.05) is 66.7 Å². The van der Waals surface area contributed by atoms with Crippen molar-refractivity contribution in [2.75, 3.05) is 0 Å². The average molecular weight is 476 g/mol. The van der Waals surface area contributed by atoms with Crippen LogP contribution in [0.1, 0.15) is 5.56 Å². The van der Waals surface area contributed by atoms with Crippen molar-refractivity contribution in [1.82, 2.24) is 4.98 Å². The predicted molar refractivity (Wildman–Crippen MR) is 157 cm³/mol. The van der Waals surface area contributed by atoms with Crippen LogP contribution in [-0.4, -0.2) is 28.5 Å². The summed E-state index contributed by atoms with van der Waals surface area (Å²) in [5.41, 5.74) is 8.92. The first-order valence-electron chi connectivity index (χ1n) is 12.1. The van der Waals surface area contributed by atoms with Gasteiger partial charge in [-0.2, -0.15) is 5.26 Å². The molecule has 0 bridgehead atoms. The maximum Gasteiger partial charge on any atom is 0.163 e. The maximum atomic E-state index is 15.0. The molecular formula is C30H20B3FN2O. The molecule has 0 aliphatic carbocycles. The van der Waals surface area contributed by atoms with Crippen LogP contribution >= 0.6 is 0 Å². The van der Waals surface area contributed by atoms with Crippen LogP contribution in [0.25, 0.3) is 55.4 Å². The highest BCUT2D eigenvalue weighted by Gasteiger charge is 2.20. The fraction of sp³-hybridized carbons (Fsp3) is 0. The number of fused-ring (bicyclic) bond motifs is 3. The van der Waals surface area contributed by atoms with E-state index < -0.39 is 0 Å². The number of hydrogen-bond acceptors (Lipinski definition) is 3. The zero-order valence-electron chi connectivity index (χ0n) is 20.8. The maximum absolute atomic E-state index is 15.0. The van der Waals surface area contributed by atoms with Gasteiger partial charge in [-0.25, -0.2) is 4.39 Å². The van der Waals surface area contributed by atoms with Crippen molar-refractivity contribution in [1.29, 1.82) is 5.26 Å². The Labute approximate surface area is 216 Å². The van der Waals surface area contributed by atoms with E-state index in [1.54, 1.807) is 15.7 Å². The molecule has 0 saturated heterocycles. The normalized spacial score (nSPS) is 11.1. The molecule has 0 unspecified atom stereocenters. The molecule has 0 amide bonds. The summed E-state index contributed by atoms with van der Waals surface area (Å²) in [6, 6.07) is 30.3. The number of aromatic nitrogens is 1. The molecule has 172 valence electrons. The molecule has 0 N–H and O–H groups in total. The van der Waals surface area contributed by atoms with Crippen molar-refractivity contribution < 1.29 is 8.81 Å². The molecule has 3 nitrogen and oxygen atoms in total. The minimum Gasteiger partial charge on any atom is -0.455 e. The van der Waals surface area contributed by atoms with E-state index in [2.05, 4.69) is 42.5 Å². The van der Waals surface area contributed by atoms with Crippen LogP contribution in [0.3, 0.4) is 0 Å². The van der Waals surface area contributed by atoms with Crippen LogP contribution in [0.2, 0.25) is 0 Å². The van der Waals surface area contributed by atoms with Gasteiger partial charge in [0.1, 0.15) is 32.7 Å². The van der Waals surface area contributed by atoms with E-state index in [0.29, 0.717) is 38.9 Å². The molecule has 4 aromatic carbocycles. The minimum atomic E-state index is -0.249. The van der Waals surface area contributed by atoms with Gasteiger partial charge in [0.25, 0.3) is 0 Å². The minimum absolute atomic E-state index is 0.249. The highest BCUT2D eigenvalue weighted by molar-refractivity contribution is 6.50. The standard InChI is InChI=1S/C30H20B3FN2O/c31-24-26(34)25(32)30(33)36-27(24)21-8-4-7-20-23-14-16(15-35)13-22(29(23)37-28(20)21)19-11-9-18(10-12-19)17-5-2-1-3-6-17/h1-14H,31-33H2. The SMILES string of the molecule is Bc1nc(-c2cccc3c2oc2c(-c4ccc(-c5ccccc5)cc4)cc(C#N)cc23)c(B)c(F)c1B. The highest BCUT2D eigenvalue weighted by atomic mass is 19.1. The van der Waals surface area contributed by atoms with Crippen molar-refractivity contribution >= 4 is 62.0 Å². The van der Waals surface area contributed by atoms with E-state index in [-0.39, 0.29) is 5.82 Å². The Bertz CT molecular complexity index is 1870. The molecule has 0 spiro atoms. The Morgan fingerprint density at radius 1 is 0.703 bits per heavy atom. The number of benzene rings is 4. The first-order chi connectivity index (χ1) is 18.0. The monoisotopic (exact) mass is 476 g/mol. The Morgan fingerprint density at radius 3 is 2.11 bits per heavy atom. The van der Waals surface area contributed by atoms with Crippen LogP contribution in [0.4, 0.5) is 4.39 Å². The Hall–Kier alpha value is -4.56. The van der Waals surface area contributed by atoms with Crippen LogP contribution in [-0.2, 0) is 0 Å². The summed E-state index contributed by atoms with van der Waals surface area (Å²) < 4.78 is 21.5. The first-order valence-corrected chi connectivity index (χ1v) is 12.1. The van der Waals surface area contributed by atoms with E-state index in [9.17, 15) is 9.65 Å². The number of rotatable bonds is 3. The second-order valence-corrected chi connectivity index (χ2v) is 9.35. The summed E-state index contributed by atoms with van der Waals surface area (Å²) in [6.07, 6.45) is 0. The van der Waals surface area contributed by atoms with Crippen molar-refractivity contribution in [3.63, 3.8) is 0 Å². The van der Waals surface area contributed by atoms with Crippen LogP contribution in [0.5, 0.6) is 0 Å². The van der Waals surface area contributed by atoms with Gasteiger partial charge >= 0.3 is 0 Å². The third-order valence-electron chi connectivity index (χ3n) is 7.12. The number of hydrogen-bond donors (Lipinski definition) is 0. The van der Waals surface area contributed by atoms with Crippen molar-refractivity contribution in [2.24, 2.45) is 0 Å². The Balaban J connectivity index is 1.59. The highest BCUT2D eigenvalue weighted by Crippen LogP contribution is 2.40. The predicted octanol–water partition coefficient (Wildman–Crippen LogP) is 2.77. The van der Waals surface area contributed by atoms with Gasteiger partial charge in [-0.15, -0.1) is 0 Å². The lowest BCUT2D eigenvalue weighted by Gasteiger charge is -2.12. The van der Waals surface area contributed by atoms with Gasteiger partial charge in [0.15, 0.2) is 7.85 Å². The van der Waals surface area contributed by atoms with Gasteiger partial charge in [0.2, 0.25) is 0 Å². The smallest absolute Gasteiger partial charge is 0.163 e. The van der Waals surface area contributed by atoms with Crippen LogP contribution in [0, 0.1) is 17.1 Å². The summed E-state index contributed by atoms with van der Waals surface area (Å²) >= 11 is 0. The summed E-state index contributed by atoms with van der Waals surface area (Å²) in [7, 11) is 5.31. The molecule has 37 heavy (non-hydrogen) atoms. The zero-order chi connectivity index (χ0) is 25.7. The van der Waals surface area contributed by atoms with Gasteiger partial charge < -0.3 is 4.42 Å². The second-order valence-electron chi connectivity index (χ2n) is 9.35. The van der Waals surface area contributed by atoms with E-state index in [0.717, 1.165) is 38.6 Å². The molecule has 0 aliphatic heterocycles. The lowest BCUT2D eigenvalue weighted by molar-refractivity contribution is 0.644. The van der Waals surface area contributed by atoms with E-state index in [4.69, 9.17) is 9.40 Å². The second kappa shape index (κ2) is 8.83.